The first-order valence-corrected chi connectivity index (χ1v) is 9.25. The van der Waals surface area contributed by atoms with Crippen molar-refractivity contribution in [3.63, 3.8) is 0 Å². The third-order valence-corrected chi connectivity index (χ3v) is 7.17. The van der Waals surface area contributed by atoms with E-state index in [9.17, 15) is 12.8 Å². The fourth-order valence-corrected chi connectivity index (χ4v) is 6.80. The number of hydrogen-bond donors (Lipinski definition) is 0. The van der Waals surface area contributed by atoms with Gasteiger partial charge in [-0.1, -0.05) is 32.9 Å². The molecule has 0 spiro atoms. The van der Waals surface area contributed by atoms with Crippen molar-refractivity contribution in [2.24, 2.45) is 10.8 Å². The molecule has 2 atom stereocenters. The van der Waals surface area contributed by atoms with Crippen LogP contribution in [-0.2, 0) is 10.0 Å². The van der Waals surface area contributed by atoms with Gasteiger partial charge in [-0.05, 0) is 48.6 Å². The predicted molar refractivity (Wildman–Crippen MR) is 84.6 cm³/mol. The summed E-state index contributed by atoms with van der Waals surface area (Å²) in [5.74, 6) is -0.647. The van der Waals surface area contributed by atoms with Crippen molar-refractivity contribution in [2.75, 3.05) is 6.54 Å². The number of hydrogen-bond acceptors (Lipinski definition) is 2. The van der Waals surface area contributed by atoms with Gasteiger partial charge in [0.1, 0.15) is 10.7 Å². The van der Waals surface area contributed by atoms with Crippen LogP contribution in [0.5, 0.6) is 0 Å². The zero-order valence-corrected chi connectivity index (χ0v) is 14.5. The topological polar surface area (TPSA) is 37.4 Å². The molecule has 3 nitrogen and oxygen atoms in total. The third kappa shape index (κ3) is 2.48. The first-order valence-electron chi connectivity index (χ1n) is 7.81. The molecule has 0 aromatic heterocycles. The van der Waals surface area contributed by atoms with Gasteiger partial charge in [-0.15, -0.1) is 0 Å². The number of rotatable bonds is 2. The highest BCUT2D eigenvalue weighted by molar-refractivity contribution is 7.89. The molecule has 0 N–H and O–H groups in total. The maximum atomic E-state index is 14.2. The number of fused-ring (bicyclic) bond motifs is 2. The molecular weight excluding hydrogens is 301 g/mol. The van der Waals surface area contributed by atoms with Gasteiger partial charge in [0.05, 0.1) is 0 Å². The fraction of sp³-hybridized carbons (Fsp3) is 0.647. The van der Waals surface area contributed by atoms with Crippen LogP contribution < -0.4 is 0 Å². The molecule has 1 heterocycles. The summed E-state index contributed by atoms with van der Waals surface area (Å²) in [4.78, 5) is -0.149. The molecule has 1 aliphatic carbocycles. The lowest BCUT2D eigenvalue weighted by atomic mass is 9.65. The maximum absolute atomic E-state index is 14.2. The number of nitrogens with zero attached hydrogens (tertiary/aromatic N) is 1. The van der Waals surface area contributed by atoms with E-state index in [1.807, 2.05) is 0 Å². The molecule has 1 aromatic rings. The molecular formula is C17H24FNO2S. The molecule has 2 unspecified atom stereocenters. The normalized spacial score (nSPS) is 31.4. The largest absolute Gasteiger partial charge is 0.246 e. The molecule has 0 amide bonds. The van der Waals surface area contributed by atoms with Gasteiger partial charge in [0.25, 0.3) is 0 Å². The molecule has 3 rings (SSSR count). The van der Waals surface area contributed by atoms with E-state index in [0.717, 1.165) is 19.3 Å². The average molecular weight is 325 g/mol. The van der Waals surface area contributed by atoms with Gasteiger partial charge in [0, 0.05) is 12.6 Å². The molecule has 5 heteroatoms. The summed E-state index contributed by atoms with van der Waals surface area (Å²) in [5, 5.41) is 0. The lowest BCUT2D eigenvalue weighted by Crippen LogP contribution is -2.38. The molecule has 0 radical (unpaired) electrons. The Bertz CT molecular complexity index is 693. The quantitative estimate of drug-likeness (QED) is 0.831. The summed E-state index contributed by atoms with van der Waals surface area (Å²) >= 11 is 0. The van der Waals surface area contributed by atoms with E-state index in [-0.39, 0.29) is 21.8 Å². The molecule has 2 fully saturated rings. The van der Waals surface area contributed by atoms with Crippen LogP contribution in [0.15, 0.2) is 23.1 Å². The van der Waals surface area contributed by atoms with Gasteiger partial charge in [-0.25, -0.2) is 12.8 Å². The maximum Gasteiger partial charge on any atom is 0.246 e. The molecule has 2 aliphatic rings. The van der Waals surface area contributed by atoms with Gasteiger partial charge in [0.2, 0.25) is 10.0 Å². The Morgan fingerprint density at radius 3 is 2.55 bits per heavy atom. The van der Waals surface area contributed by atoms with Crippen LogP contribution in [0.25, 0.3) is 0 Å². The minimum Gasteiger partial charge on any atom is -0.207 e. The zero-order chi connectivity index (χ0) is 16.3. The average Bonchev–Trinajstić information content (AvgIpc) is 2.58. The van der Waals surface area contributed by atoms with Gasteiger partial charge in [0.15, 0.2) is 0 Å². The van der Waals surface area contributed by atoms with E-state index >= 15 is 0 Å². The first-order chi connectivity index (χ1) is 10.0. The van der Waals surface area contributed by atoms with E-state index in [0.29, 0.717) is 12.1 Å². The van der Waals surface area contributed by atoms with E-state index in [1.54, 1.807) is 23.4 Å². The second kappa shape index (κ2) is 4.78. The highest BCUT2D eigenvalue weighted by Crippen LogP contribution is 2.53. The van der Waals surface area contributed by atoms with E-state index in [2.05, 4.69) is 20.8 Å². The zero-order valence-electron chi connectivity index (χ0n) is 13.7. The Kier molecular flexibility index (Phi) is 3.46. The van der Waals surface area contributed by atoms with Crippen LogP contribution in [0.4, 0.5) is 4.39 Å². The van der Waals surface area contributed by atoms with Crippen LogP contribution in [0.2, 0.25) is 0 Å². The monoisotopic (exact) mass is 325 g/mol. The minimum atomic E-state index is -3.78. The number of halogens is 1. The molecule has 122 valence electrons. The number of benzene rings is 1. The smallest absolute Gasteiger partial charge is 0.207 e. The number of aryl methyl sites for hydroxylation is 1. The third-order valence-electron chi connectivity index (χ3n) is 5.10. The Balaban J connectivity index is 2.05. The Labute approximate surface area is 132 Å². The van der Waals surface area contributed by atoms with Crippen LogP contribution >= 0.6 is 0 Å². The summed E-state index contributed by atoms with van der Waals surface area (Å²) in [6.45, 7) is 8.70. The SMILES string of the molecule is Cc1cccc(F)c1S(=O)(=O)N1CC2(C)CC1CC(C)(C)C2. The Hall–Kier alpha value is -0.940. The summed E-state index contributed by atoms with van der Waals surface area (Å²) in [6.07, 6.45) is 2.73. The summed E-state index contributed by atoms with van der Waals surface area (Å²) in [5.41, 5.74) is 0.607. The predicted octanol–water partition coefficient (Wildman–Crippen LogP) is 3.72. The molecule has 1 saturated carbocycles. The molecule has 1 aromatic carbocycles. The molecule has 2 bridgehead atoms. The highest BCUT2D eigenvalue weighted by atomic mass is 32.2. The van der Waals surface area contributed by atoms with Crippen LogP contribution in [0.3, 0.4) is 0 Å². The van der Waals surface area contributed by atoms with Gasteiger partial charge in [-0.2, -0.15) is 4.31 Å². The van der Waals surface area contributed by atoms with Crippen molar-refractivity contribution in [2.45, 2.75) is 57.9 Å². The summed E-state index contributed by atoms with van der Waals surface area (Å²) in [7, 11) is -3.78. The van der Waals surface area contributed by atoms with E-state index in [1.165, 1.54) is 6.07 Å². The Morgan fingerprint density at radius 2 is 1.91 bits per heavy atom. The van der Waals surface area contributed by atoms with Crippen molar-refractivity contribution < 1.29 is 12.8 Å². The molecule has 1 aliphatic heterocycles. The number of sulfonamides is 1. The van der Waals surface area contributed by atoms with Crippen molar-refractivity contribution in [1.82, 2.24) is 4.31 Å². The molecule has 1 saturated heterocycles. The van der Waals surface area contributed by atoms with Crippen LogP contribution in [0.1, 0.15) is 45.6 Å². The lowest BCUT2D eigenvalue weighted by Gasteiger charge is -2.39. The molecule has 22 heavy (non-hydrogen) atoms. The summed E-state index contributed by atoms with van der Waals surface area (Å²) < 4.78 is 41.9. The van der Waals surface area contributed by atoms with Crippen LogP contribution in [0, 0.1) is 23.6 Å². The fourth-order valence-electron chi connectivity index (χ4n) is 4.75. The van der Waals surface area contributed by atoms with Gasteiger partial charge in [-0.3, -0.25) is 0 Å². The first kappa shape index (κ1) is 15.9. The Morgan fingerprint density at radius 1 is 1.23 bits per heavy atom. The van der Waals surface area contributed by atoms with E-state index in [4.69, 9.17) is 0 Å². The van der Waals surface area contributed by atoms with Crippen LogP contribution in [-0.4, -0.2) is 25.3 Å². The standard InChI is InChI=1S/C17H24FNO2S/c1-12-6-5-7-14(18)15(12)22(20,21)19-11-17(4)9-13(19)8-16(2,3)10-17/h5-7,13H,8-11H2,1-4H3. The second-order valence-corrected chi connectivity index (χ2v) is 9.98. The summed E-state index contributed by atoms with van der Waals surface area (Å²) in [6, 6.07) is 4.42. The van der Waals surface area contributed by atoms with Crippen molar-refractivity contribution >= 4 is 10.0 Å². The van der Waals surface area contributed by atoms with Crippen molar-refractivity contribution in [3.8, 4) is 0 Å². The lowest BCUT2D eigenvalue weighted by molar-refractivity contribution is 0.133. The van der Waals surface area contributed by atoms with Crippen molar-refractivity contribution in [3.05, 3.63) is 29.6 Å². The van der Waals surface area contributed by atoms with Gasteiger partial charge < -0.3 is 0 Å². The minimum absolute atomic E-state index is 0.00134. The second-order valence-electron chi connectivity index (χ2n) is 8.15. The highest BCUT2D eigenvalue weighted by Gasteiger charge is 2.53. The van der Waals surface area contributed by atoms with Crippen molar-refractivity contribution in [1.29, 1.82) is 0 Å². The van der Waals surface area contributed by atoms with Gasteiger partial charge >= 0.3 is 0 Å². The van der Waals surface area contributed by atoms with E-state index < -0.39 is 15.8 Å².